The van der Waals surface area contributed by atoms with Crippen molar-refractivity contribution in [1.29, 1.82) is 0 Å². The van der Waals surface area contributed by atoms with E-state index in [1.165, 1.54) is 12.3 Å². The predicted molar refractivity (Wildman–Crippen MR) is 67.9 cm³/mol. The number of hydrogen-bond acceptors (Lipinski definition) is 4. The van der Waals surface area contributed by atoms with Gasteiger partial charge >= 0.3 is 5.97 Å². The second kappa shape index (κ2) is 5.14. The van der Waals surface area contributed by atoms with E-state index in [0.29, 0.717) is 15.9 Å². The Labute approximate surface area is 112 Å². The van der Waals surface area contributed by atoms with Crippen LogP contribution in [0.3, 0.4) is 0 Å². The molecule has 92 valence electrons. The molecule has 0 atom stereocenters. The number of aryl methyl sites for hydroxylation is 1. The van der Waals surface area contributed by atoms with Crippen LogP contribution >= 0.6 is 15.9 Å². The van der Waals surface area contributed by atoms with Crippen LogP contribution in [0.5, 0.6) is 11.6 Å². The highest BCUT2D eigenvalue weighted by Gasteiger charge is 2.15. The van der Waals surface area contributed by atoms with Crippen molar-refractivity contribution in [2.24, 2.45) is 0 Å². The minimum Gasteiger partial charge on any atom is -0.477 e. The molecule has 0 fully saturated rings. The number of carboxylic acids is 1. The van der Waals surface area contributed by atoms with Crippen molar-refractivity contribution in [1.82, 2.24) is 9.97 Å². The summed E-state index contributed by atoms with van der Waals surface area (Å²) in [6.45, 7) is 1.77. The molecule has 0 unspecified atom stereocenters. The van der Waals surface area contributed by atoms with E-state index in [1.54, 1.807) is 25.3 Å². The molecule has 18 heavy (non-hydrogen) atoms. The first-order chi connectivity index (χ1) is 8.58. The van der Waals surface area contributed by atoms with Gasteiger partial charge in [0.05, 0.1) is 5.69 Å². The fourth-order valence-corrected chi connectivity index (χ4v) is 1.67. The summed E-state index contributed by atoms with van der Waals surface area (Å²) in [7, 11) is 0. The van der Waals surface area contributed by atoms with E-state index in [9.17, 15) is 4.79 Å². The molecule has 2 aromatic heterocycles. The van der Waals surface area contributed by atoms with Crippen LogP contribution in [0.1, 0.15) is 16.1 Å². The Kier molecular flexibility index (Phi) is 3.57. The van der Waals surface area contributed by atoms with E-state index in [1.807, 2.05) is 0 Å². The van der Waals surface area contributed by atoms with Crippen LogP contribution in [0.15, 0.2) is 35.1 Å². The van der Waals surface area contributed by atoms with Crippen LogP contribution in [0, 0.1) is 6.92 Å². The number of aromatic carboxylic acids is 1. The second-order valence-corrected chi connectivity index (χ2v) is 4.42. The van der Waals surface area contributed by atoms with E-state index in [4.69, 9.17) is 9.84 Å². The van der Waals surface area contributed by atoms with Gasteiger partial charge in [0.25, 0.3) is 0 Å². The normalized spacial score (nSPS) is 10.1. The van der Waals surface area contributed by atoms with E-state index in [2.05, 4.69) is 25.9 Å². The lowest BCUT2D eigenvalue weighted by Gasteiger charge is -2.09. The summed E-state index contributed by atoms with van der Waals surface area (Å²) < 4.78 is 6.06. The number of hydrogen-bond donors (Lipinski definition) is 1. The molecular weight excluding hydrogens is 300 g/mol. The van der Waals surface area contributed by atoms with Gasteiger partial charge in [-0.2, -0.15) is 0 Å². The Balaban J connectivity index is 2.41. The highest BCUT2D eigenvalue weighted by molar-refractivity contribution is 9.10. The molecule has 0 spiro atoms. The molecule has 0 aliphatic rings. The van der Waals surface area contributed by atoms with Gasteiger partial charge in [0.1, 0.15) is 5.56 Å². The summed E-state index contributed by atoms with van der Waals surface area (Å²) in [5.74, 6) is -0.572. The first-order valence-corrected chi connectivity index (χ1v) is 5.85. The first-order valence-electron chi connectivity index (χ1n) is 5.06. The summed E-state index contributed by atoms with van der Waals surface area (Å²) in [4.78, 5) is 19.1. The summed E-state index contributed by atoms with van der Waals surface area (Å²) in [5.41, 5.74) is 0.659. The van der Waals surface area contributed by atoms with E-state index >= 15 is 0 Å². The summed E-state index contributed by atoms with van der Waals surface area (Å²) in [6.07, 6.45) is 3.11. The van der Waals surface area contributed by atoms with Gasteiger partial charge < -0.3 is 9.84 Å². The molecule has 0 bridgehead atoms. The Morgan fingerprint density at radius 2 is 2.22 bits per heavy atom. The van der Waals surface area contributed by atoms with Gasteiger partial charge in [-0.25, -0.2) is 9.78 Å². The molecule has 0 saturated heterocycles. The molecule has 0 amide bonds. The van der Waals surface area contributed by atoms with Crippen LogP contribution < -0.4 is 4.74 Å². The van der Waals surface area contributed by atoms with Crippen molar-refractivity contribution in [2.45, 2.75) is 6.92 Å². The van der Waals surface area contributed by atoms with Crippen LogP contribution in [-0.2, 0) is 0 Å². The van der Waals surface area contributed by atoms with Gasteiger partial charge in [-0.05, 0) is 41.1 Å². The number of halogens is 1. The average molecular weight is 309 g/mol. The van der Waals surface area contributed by atoms with Gasteiger partial charge in [-0.1, -0.05) is 0 Å². The zero-order chi connectivity index (χ0) is 13.1. The van der Waals surface area contributed by atoms with Crippen LogP contribution in [-0.4, -0.2) is 21.0 Å². The van der Waals surface area contributed by atoms with Crippen molar-refractivity contribution < 1.29 is 14.6 Å². The molecule has 0 saturated carbocycles. The molecule has 6 heteroatoms. The fraction of sp³-hybridized carbons (Fsp3) is 0.0833. The molecular formula is C12H9BrN2O3. The Bertz CT molecular complexity index is 602. The third-order valence-corrected chi connectivity index (χ3v) is 2.65. The van der Waals surface area contributed by atoms with Crippen molar-refractivity contribution in [2.75, 3.05) is 0 Å². The number of aromatic nitrogens is 2. The van der Waals surface area contributed by atoms with Crippen LogP contribution in [0.4, 0.5) is 0 Å². The van der Waals surface area contributed by atoms with Crippen molar-refractivity contribution in [3.05, 3.63) is 46.3 Å². The van der Waals surface area contributed by atoms with Crippen LogP contribution in [0.2, 0.25) is 0 Å². The Morgan fingerprint density at radius 1 is 1.44 bits per heavy atom. The number of carbonyl (C=O) groups is 1. The minimum absolute atomic E-state index is 0.00683. The lowest BCUT2D eigenvalue weighted by molar-refractivity contribution is 0.0693. The van der Waals surface area contributed by atoms with Gasteiger partial charge in [0, 0.05) is 16.9 Å². The lowest BCUT2D eigenvalue weighted by atomic mass is 10.3. The molecule has 0 radical (unpaired) electrons. The topological polar surface area (TPSA) is 72.3 Å². The summed E-state index contributed by atoms with van der Waals surface area (Å²) in [5, 5.41) is 9.08. The SMILES string of the molecule is Cc1ncccc1Oc1ncc(Br)cc1C(=O)O. The first kappa shape index (κ1) is 12.5. The largest absolute Gasteiger partial charge is 0.477 e. The number of ether oxygens (including phenoxy) is 1. The van der Waals surface area contributed by atoms with Gasteiger partial charge in [0.2, 0.25) is 5.88 Å². The molecule has 2 heterocycles. The van der Waals surface area contributed by atoms with Gasteiger partial charge in [-0.15, -0.1) is 0 Å². The number of carboxylic acid groups (broad SMARTS) is 1. The van der Waals surface area contributed by atoms with Gasteiger partial charge in [0.15, 0.2) is 5.75 Å². The molecule has 0 aliphatic heterocycles. The maximum atomic E-state index is 11.1. The smallest absolute Gasteiger partial charge is 0.341 e. The molecule has 2 aromatic rings. The molecule has 0 aliphatic carbocycles. The number of rotatable bonds is 3. The third kappa shape index (κ3) is 2.65. The number of pyridine rings is 2. The average Bonchev–Trinajstić information content (AvgIpc) is 2.34. The Hall–Kier alpha value is -1.95. The van der Waals surface area contributed by atoms with Gasteiger partial charge in [-0.3, -0.25) is 4.98 Å². The fourth-order valence-electron chi connectivity index (χ4n) is 1.34. The zero-order valence-corrected chi connectivity index (χ0v) is 11.0. The highest BCUT2D eigenvalue weighted by atomic mass is 79.9. The monoisotopic (exact) mass is 308 g/mol. The summed E-state index contributed by atoms with van der Waals surface area (Å²) >= 11 is 3.17. The maximum absolute atomic E-state index is 11.1. The quantitative estimate of drug-likeness (QED) is 0.943. The minimum atomic E-state index is -1.10. The van der Waals surface area contributed by atoms with Crippen LogP contribution in [0.25, 0.3) is 0 Å². The standard InChI is InChI=1S/C12H9BrN2O3/c1-7-10(3-2-4-14-7)18-11-9(12(16)17)5-8(13)6-15-11/h2-6H,1H3,(H,16,17). The molecule has 2 rings (SSSR count). The zero-order valence-electron chi connectivity index (χ0n) is 9.42. The second-order valence-electron chi connectivity index (χ2n) is 3.50. The molecule has 0 aromatic carbocycles. The lowest BCUT2D eigenvalue weighted by Crippen LogP contribution is -2.02. The summed E-state index contributed by atoms with van der Waals surface area (Å²) in [6, 6.07) is 4.86. The van der Waals surface area contributed by atoms with Crippen molar-refractivity contribution >= 4 is 21.9 Å². The van der Waals surface area contributed by atoms with Crippen molar-refractivity contribution in [3.63, 3.8) is 0 Å². The van der Waals surface area contributed by atoms with Crippen molar-refractivity contribution in [3.8, 4) is 11.6 Å². The third-order valence-electron chi connectivity index (χ3n) is 2.21. The van der Waals surface area contributed by atoms with E-state index < -0.39 is 5.97 Å². The highest BCUT2D eigenvalue weighted by Crippen LogP contribution is 2.26. The number of nitrogens with zero attached hydrogens (tertiary/aromatic N) is 2. The van der Waals surface area contributed by atoms with E-state index in [-0.39, 0.29) is 11.4 Å². The Morgan fingerprint density at radius 3 is 2.89 bits per heavy atom. The van der Waals surface area contributed by atoms with E-state index in [0.717, 1.165) is 0 Å². The predicted octanol–water partition coefficient (Wildman–Crippen LogP) is 3.04. The molecule has 5 nitrogen and oxygen atoms in total. The molecule has 1 N–H and O–H groups in total. The maximum Gasteiger partial charge on any atom is 0.341 e.